The molecule has 30 heavy (non-hydrogen) atoms. The fourth-order valence-corrected chi connectivity index (χ4v) is 6.25. The van der Waals surface area contributed by atoms with E-state index in [1.807, 2.05) is 11.0 Å². The number of nitriles is 1. The molecule has 0 bridgehead atoms. The van der Waals surface area contributed by atoms with Gasteiger partial charge in [-0.25, -0.2) is 0 Å². The minimum absolute atomic E-state index is 0.0184. The van der Waals surface area contributed by atoms with Crippen molar-refractivity contribution in [2.75, 3.05) is 6.54 Å². The molecule has 164 valence electrons. The van der Waals surface area contributed by atoms with Gasteiger partial charge in [0.1, 0.15) is 0 Å². The van der Waals surface area contributed by atoms with Crippen LogP contribution >= 0.6 is 0 Å². The molecule has 0 radical (unpaired) electrons. The maximum Gasteiger partial charge on any atom is 0.226 e. The number of fused-ring (bicyclic) bond motifs is 1. The Bertz CT molecular complexity index is 766. The van der Waals surface area contributed by atoms with Gasteiger partial charge in [0, 0.05) is 18.5 Å². The van der Waals surface area contributed by atoms with Gasteiger partial charge in [-0.2, -0.15) is 5.26 Å². The summed E-state index contributed by atoms with van der Waals surface area (Å²) in [6, 6.07) is 12.9. The topological polar surface area (TPSA) is 53.3 Å². The molecule has 0 spiro atoms. The number of carbonyl (C=O) groups is 1. The van der Waals surface area contributed by atoms with E-state index in [0.29, 0.717) is 18.9 Å². The van der Waals surface area contributed by atoms with Crippen molar-refractivity contribution >= 4 is 14.2 Å². The molecule has 2 aliphatic rings. The Balaban J connectivity index is 1.91. The molecule has 1 heterocycles. The second kappa shape index (κ2) is 9.24. The summed E-state index contributed by atoms with van der Waals surface area (Å²) >= 11 is 0. The second-order valence-corrected chi connectivity index (χ2v) is 15.3. The van der Waals surface area contributed by atoms with Gasteiger partial charge in [0.05, 0.1) is 18.6 Å². The lowest BCUT2D eigenvalue weighted by Crippen LogP contribution is -2.44. The highest BCUT2D eigenvalue weighted by Gasteiger charge is 2.49. The van der Waals surface area contributed by atoms with Crippen LogP contribution in [-0.2, 0) is 9.22 Å². The molecule has 5 heteroatoms. The SMILES string of the molecule is CC(C)(C)[Si](C)(C)O[C@H](C[C@H]1[C@@H]2CCCC[C@@H]2C(=O)N1CCC#N)c1ccccc1. The van der Waals surface area contributed by atoms with Gasteiger partial charge in [0.15, 0.2) is 8.32 Å². The first-order valence-electron chi connectivity index (χ1n) is 11.6. The molecule has 4 atom stereocenters. The van der Waals surface area contributed by atoms with Gasteiger partial charge in [0.25, 0.3) is 0 Å². The largest absolute Gasteiger partial charge is 0.410 e. The third kappa shape index (κ3) is 4.81. The lowest BCUT2D eigenvalue weighted by molar-refractivity contribution is -0.132. The first-order valence-corrected chi connectivity index (χ1v) is 14.5. The minimum atomic E-state index is -1.99. The van der Waals surface area contributed by atoms with Gasteiger partial charge in [-0.3, -0.25) is 4.79 Å². The molecule has 1 aliphatic heterocycles. The molecular formula is C25H38N2O2Si. The van der Waals surface area contributed by atoms with Gasteiger partial charge in [-0.15, -0.1) is 0 Å². The molecule has 0 N–H and O–H groups in total. The molecule has 1 aromatic rings. The Morgan fingerprint density at radius 3 is 2.50 bits per heavy atom. The van der Waals surface area contributed by atoms with E-state index in [1.165, 1.54) is 12.0 Å². The molecule has 1 saturated heterocycles. The van der Waals surface area contributed by atoms with Crippen molar-refractivity contribution in [3.8, 4) is 6.07 Å². The van der Waals surface area contributed by atoms with Gasteiger partial charge in [0.2, 0.25) is 5.91 Å². The Labute approximate surface area is 183 Å². The number of benzene rings is 1. The van der Waals surface area contributed by atoms with E-state index in [-0.39, 0.29) is 29.0 Å². The van der Waals surface area contributed by atoms with Crippen molar-refractivity contribution in [3.05, 3.63) is 35.9 Å². The monoisotopic (exact) mass is 426 g/mol. The van der Waals surface area contributed by atoms with Crippen LogP contribution in [0.4, 0.5) is 0 Å². The highest BCUT2D eigenvalue weighted by atomic mass is 28.4. The zero-order valence-corrected chi connectivity index (χ0v) is 20.4. The number of likely N-dealkylation sites (tertiary alicyclic amines) is 1. The number of carbonyl (C=O) groups excluding carboxylic acids is 1. The van der Waals surface area contributed by atoms with Crippen LogP contribution in [0.5, 0.6) is 0 Å². The van der Waals surface area contributed by atoms with Gasteiger partial charge >= 0.3 is 0 Å². The van der Waals surface area contributed by atoms with E-state index in [9.17, 15) is 4.79 Å². The normalized spacial score (nSPS) is 25.7. The summed E-state index contributed by atoms with van der Waals surface area (Å²) in [5, 5.41) is 9.28. The number of hydrogen-bond acceptors (Lipinski definition) is 3. The smallest absolute Gasteiger partial charge is 0.226 e. The fourth-order valence-electron chi connectivity index (χ4n) is 4.95. The van der Waals surface area contributed by atoms with E-state index in [2.05, 4.69) is 64.2 Å². The average Bonchev–Trinajstić information content (AvgIpc) is 2.97. The molecular weight excluding hydrogens is 388 g/mol. The Kier molecular flexibility index (Phi) is 7.09. The van der Waals surface area contributed by atoms with E-state index in [1.54, 1.807) is 0 Å². The van der Waals surface area contributed by atoms with Crippen LogP contribution in [0.3, 0.4) is 0 Å². The molecule has 2 fully saturated rings. The lowest BCUT2D eigenvalue weighted by Gasteiger charge is -2.41. The van der Waals surface area contributed by atoms with Crippen molar-refractivity contribution in [1.29, 1.82) is 5.26 Å². The summed E-state index contributed by atoms with van der Waals surface area (Å²) in [5.41, 5.74) is 1.20. The summed E-state index contributed by atoms with van der Waals surface area (Å²) in [6.07, 6.45) is 5.68. The molecule has 1 amide bonds. The predicted octanol–water partition coefficient (Wildman–Crippen LogP) is 6.07. The van der Waals surface area contributed by atoms with Crippen LogP contribution < -0.4 is 0 Å². The van der Waals surface area contributed by atoms with Gasteiger partial charge in [-0.05, 0) is 48.9 Å². The van der Waals surface area contributed by atoms with Crippen molar-refractivity contribution in [2.24, 2.45) is 11.8 Å². The number of rotatable bonds is 7. The summed E-state index contributed by atoms with van der Waals surface area (Å²) < 4.78 is 6.95. The van der Waals surface area contributed by atoms with Crippen molar-refractivity contribution in [3.63, 3.8) is 0 Å². The zero-order valence-electron chi connectivity index (χ0n) is 19.4. The Morgan fingerprint density at radius 1 is 1.20 bits per heavy atom. The van der Waals surface area contributed by atoms with Crippen molar-refractivity contribution in [1.82, 2.24) is 4.90 Å². The summed E-state index contributed by atoms with van der Waals surface area (Å²) in [7, 11) is -1.99. The first-order chi connectivity index (χ1) is 14.2. The maximum atomic E-state index is 13.2. The van der Waals surface area contributed by atoms with E-state index >= 15 is 0 Å². The van der Waals surface area contributed by atoms with E-state index in [0.717, 1.165) is 25.7 Å². The Hall–Kier alpha value is -1.64. The minimum Gasteiger partial charge on any atom is -0.410 e. The van der Waals surface area contributed by atoms with Crippen LogP contribution in [-0.4, -0.2) is 31.7 Å². The third-order valence-electron chi connectivity index (χ3n) is 7.65. The highest BCUT2D eigenvalue weighted by molar-refractivity contribution is 6.74. The second-order valence-electron chi connectivity index (χ2n) is 10.6. The van der Waals surface area contributed by atoms with Crippen molar-refractivity contribution < 1.29 is 9.22 Å². The summed E-state index contributed by atoms with van der Waals surface area (Å²) in [6.45, 7) is 12.0. The summed E-state index contributed by atoms with van der Waals surface area (Å²) in [4.78, 5) is 15.2. The average molecular weight is 427 g/mol. The zero-order chi connectivity index (χ0) is 21.9. The highest BCUT2D eigenvalue weighted by Crippen LogP contribution is 2.46. The third-order valence-corrected chi connectivity index (χ3v) is 12.1. The molecule has 0 unspecified atom stereocenters. The van der Waals surface area contributed by atoms with Crippen molar-refractivity contribution in [2.45, 2.75) is 89.6 Å². The number of hydrogen-bond donors (Lipinski definition) is 0. The van der Waals surface area contributed by atoms with Gasteiger partial charge in [-0.1, -0.05) is 63.9 Å². The van der Waals surface area contributed by atoms with Crippen LogP contribution in [0.2, 0.25) is 18.1 Å². The van der Waals surface area contributed by atoms with Gasteiger partial charge < -0.3 is 9.33 Å². The van der Waals surface area contributed by atoms with Crippen LogP contribution in [0.25, 0.3) is 0 Å². The van der Waals surface area contributed by atoms with Crippen LogP contribution in [0.15, 0.2) is 30.3 Å². The predicted molar refractivity (Wildman–Crippen MR) is 123 cm³/mol. The van der Waals surface area contributed by atoms with E-state index in [4.69, 9.17) is 9.69 Å². The number of nitrogens with zero attached hydrogens (tertiary/aromatic N) is 2. The molecule has 1 saturated carbocycles. The molecule has 0 aromatic heterocycles. The molecule has 1 aromatic carbocycles. The molecule has 1 aliphatic carbocycles. The Morgan fingerprint density at radius 2 is 1.87 bits per heavy atom. The fraction of sp³-hybridized carbons (Fsp3) is 0.680. The number of amides is 1. The maximum absolute atomic E-state index is 13.2. The summed E-state index contributed by atoms with van der Waals surface area (Å²) in [5.74, 6) is 0.824. The molecule has 3 rings (SSSR count). The van der Waals surface area contributed by atoms with Crippen LogP contribution in [0, 0.1) is 23.2 Å². The van der Waals surface area contributed by atoms with Crippen LogP contribution in [0.1, 0.15) is 71.0 Å². The quantitative estimate of drug-likeness (QED) is 0.497. The first kappa shape index (κ1) is 23.0. The standard InChI is InChI=1S/C25H38N2O2Si/c1-25(2,3)30(4,5)29-23(19-12-7-6-8-13-19)18-22-20-14-9-10-15-21(20)24(28)27(22)17-11-16-26/h6-8,12-13,20-23H,9-11,14-15,17-18H2,1-5H3/t20-,21+,22+,23-/m1/s1. The molecule has 4 nitrogen and oxygen atoms in total. The van der Waals surface area contributed by atoms with E-state index < -0.39 is 8.32 Å². The lowest BCUT2D eigenvalue weighted by atomic mass is 9.77.